The van der Waals surface area contributed by atoms with Gasteiger partial charge in [0.05, 0.1) is 25.1 Å². The fraction of sp³-hybridized carbons (Fsp3) is 0.559. The first kappa shape index (κ1) is 35.7. The lowest BCUT2D eigenvalue weighted by atomic mass is 9.88. The predicted molar refractivity (Wildman–Crippen MR) is 183 cm³/mol. The Bertz CT molecular complexity index is 1840. The molecule has 4 amide bonds. The maximum Gasteiger partial charge on any atom is 0.405 e. The van der Waals surface area contributed by atoms with Crippen molar-refractivity contribution in [2.75, 3.05) is 13.7 Å². The Hall–Kier alpha value is -4.11. The number of allylic oxidation sites excluding steroid dienone is 1. The number of hydrogen-bond donors (Lipinski definition) is 4. The minimum Gasteiger partial charge on any atom is -0.494 e. The van der Waals surface area contributed by atoms with Crippen molar-refractivity contribution in [3.8, 4) is 11.6 Å². The average molecular weight is 732 g/mol. The molecule has 4 N–H and O–H groups in total. The smallest absolute Gasteiger partial charge is 0.405 e. The molecule has 1 saturated heterocycles. The number of nitrogens with zero attached hydrogens (tertiary/aromatic N) is 2. The zero-order valence-corrected chi connectivity index (χ0v) is 29.6. The Labute approximate surface area is 295 Å². The van der Waals surface area contributed by atoms with Crippen molar-refractivity contribution in [2.45, 2.75) is 87.8 Å². The summed E-state index contributed by atoms with van der Waals surface area (Å²) in [6.45, 7) is 3.73. The van der Waals surface area contributed by atoms with E-state index in [4.69, 9.17) is 21.1 Å². The third-order valence-electron chi connectivity index (χ3n) is 10.2. The van der Waals surface area contributed by atoms with Crippen LogP contribution >= 0.6 is 11.6 Å². The number of benzene rings is 1. The number of aromatic nitrogens is 1. The first-order valence-corrected chi connectivity index (χ1v) is 18.8. The zero-order valence-electron chi connectivity index (χ0n) is 28.1. The van der Waals surface area contributed by atoms with E-state index in [1.807, 2.05) is 19.1 Å². The molecule has 14 nitrogen and oxygen atoms in total. The van der Waals surface area contributed by atoms with Gasteiger partial charge < -0.3 is 30.1 Å². The second-order valence-corrected chi connectivity index (χ2v) is 16.4. The van der Waals surface area contributed by atoms with Crippen LogP contribution in [0.2, 0.25) is 5.02 Å². The SMILES string of the molecule is COc1cnc(O[C@@H]2C[C@H]3C(=O)N[C@]4(C(=O)NS(=O)(=O)C5CC5)C[C@H]4/C=C\CC[C@H](C)C[C@@H](C)[C@H](NC(=O)O)C(=O)N3C2)c2cc(Cl)ccc12. The van der Waals surface area contributed by atoms with E-state index < -0.39 is 74.7 Å². The number of ether oxygens (including phenoxy) is 2. The van der Waals surface area contributed by atoms with Crippen LogP contribution in [0, 0.1) is 17.8 Å². The maximum atomic E-state index is 14.3. The quantitative estimate of drug-likeness (QED) is 0.307. The Morgan fingerprint density at radius 2 is 1.90 bits per heavy atom. The average Bonchev–Trinajstić information content (AvgIpc) is 3.98. The normalized spacial score (nSPS) is 30.9. The molecule has 1 aromatic carbocycles. The number of fused-ring (bicyclic) bond motifs is 3. The van der Waals surface area contributed by atoms with Gasteiger partial charge in [-0.1, -0.05) is 37.6 Å². The topological polar surface area (TPSA) is 193 Å². The van der Waals surface area contributed by atoms with Crippen LogP contribution in [0.25, 0.3) is 10.8 Å². The molecule has 16 heteroatoms. The van der Waals surface area contributed by atoms with Crippen LogP contribution in [-0.4, -0.2) is 89.9 Å². The highest BCUT2D eigenvalue weighted by Gasteiger charge is 2.62. The number of pyridine rings is 1. The van der Waals surface area contributed by atoms with Gasteiger partial charge in [-0.2, -0.15) is 0 Å². The molecule has 2 saturated carbocycles. The predicted octanol–water partition coefficient (Wildman–Crippen LogP) is 3.38. The van der Waals surface area contributed by atoms with Crippen molar-refractivity contribution in [3.63, 3.8) is 0 Å². The minimum absolute atomic E-state index is 0.0174. The van der Waals surface area contributed by atoms with E-state index in [2.05, 4.69) is 20.3 Å². The van der Waals surface area contributed by atoms with E-state index >= 15 is 0 Å². The number of sulfonamides is 1. The van der Waals surface area contributed by atoms with Gasteiger partial charge in [0.2, 0.25) is 27.7 Å². The summed E-state index contributed by atoms with van der Waals surface area (Å²) >= 11 is 6.31. The Morgan fingerprint density at radius 1 is 1.14 bits per heavy atom. The molecule has 270 valence electrons. The Balaban J connectivity index is 1.35. The van der Waals surface area contributed by atoms with Crippen LogP contribution in [-0.2, 0) is 24.4 Å². The summed E-state index contributed by atoms with van der Waals surface area (Å²) in [7, 11) is -2.40. The summed E-state index contributed by atoms with van der Waals surface area (Å²) in [6.07, 6.45) is 6.09. The van der Waals surface area contributed by atoms with Crippen molar-refractivity contribution in [2.24, 2.45) is 17.8 Å². The largest absolute Gasteiger partial charge is 0.494 e. The van der Waals surface area contributed by atoms with Crippen molar-refractivity contribution >= 4 is 56.2 Å². The lowest BCUT2D eigenvalue weighted by Gasteiger charge is -2.32. The van der Waals surface area contributed by atoms with Crippen LogP contribution in [0.1, 0.15) is 58.8 Å². The first-order chi connectivity index (χ1) is 23.7. The van der Waals surface area contributed by atoms with Crippen molar-refractivity contribution in [1.29, 1.82) is 0 Å². The van der Waals surface area contributed by atoms with Gasteiger partial charge in [0.25, 0.3) is 5.91 Å². The van der Waals surface area contributed by atoms with E-state index in [0.717, 1.165) is 6.42 Å². The van der Waals surface area contributed by atoms with Gasteiger partial charge in [-0.25, -0.2) is 18.2 Å². The Kier molecular flexibility index (Phi) is 9.92. The van der Waals surface area contributed by atoms with E-state index in [-0.39, 0.29) is 31.2 Å². The molecule has 0 radical (unpaired) electrons. The number of methoxy groups -OCH3 is 1. The number of carbonyl (C=O) groups excluding carboxylic acids is 3. The fourth-order valence-electron chi connectivity index (χ4n) is 7.21. The van der Waals surface area contributed by atoms with E-state index in [0.29, 0.717) is 47.2 Å². The molecular weight excluding hydrogens is 690 g/mol. The lowest BCUT2D eigenvalue weighted by Crippen LogP contribution is -2.59. The highest BCUT2D eigenvalue weighted by molar-refractivity contribution is 7.91. The summed E-state index contributed by atoms with van der Waals surface area (Å²) in [6, 6.07) is 2.79. The molecule has 50 heavy (non-hydrogen) atoms. The first-order valence-electron chi connectivity index (χ1n) is 16.9. The monoisotopic (exact) mass is 731 g/mol. The number of rotatable bonds is 7. The van der Waals surface area contributed by atoms with Crippen molar-refractivity contribution in [3.05, 3.63) is 41.6 Å². The number of amides is 4. The van der Waals surface area contributed by atoms with E-state index in [1.54, 1.807) is 25.1 Å². The molecule has 6 rings (SSSR count). The molecule has 0 unspecified atom stereocenters. The van der Waals surface area contributed by atoms with Gasteiger partial charge in [0.1, 0.15) is 29.5 Å². The van der Waals surface area contributed by atoms with E-state index in [9.17, 15) is 32.7 Å². The van der Waals surface area contributed by atoms with Crippen LogP contribution in [0.4, 0.5) is 4.79 Å². The lowest BCUT2D eigenvalue weighted by molar-refractivity contribution is -0.142. The van der Waals surface area contributed by atoms with E-state index in [1.165, 1.54) is 18.2 Å². The molecule has 2 aliphatic heterocycles. The number of hydrogen-bond acceptors (Lipinski definition) is 9. The van der Waals surface area contributed by atoms with Gasteiger partial charge in [-0.3, -0.25) is 19.1 Å². The molecule has 0 bridgehead atoms. The van der Waals surface area contributed by atoms with Gasteiger partial charge in [-0.05, 0) is 68.6 Å². The van der Waals surface area contributed by atoms with Crippen LogP contribution < -0.4 is 24.8 Å². The molecular formula is C34H42ClN5O9S. The minimum atomic E-state index is -3.91. The zero-order chi connectivity index (χ0) is 36.0. The summed E-state index contributed by atoms with van der Waals surface area (Å²) < 4.78 is 39.5. The van der Waals surface area contributed by atoms with Gasteiger partial charge >= 0.3 is 6.09 Å². The van der Waals surface area contributed by atoms with Gasteiger partial charge in [0, 0.05) is 28.1 Å². The molecule has 0 spiro atoms. The molecule has 3 heterocycles. The van der Waals surface area contributed by atoms with Crippen molar-refractivity contribution < 1.29 is 42.2 Å². The summed E-state index contributed by atoms with van der Waals surface area (Å²) in [5, 5.41) is 15.9. The second-order valence-electron chi connectivity index (χ2n) is 14.0. The highest BCUT2D eigenvalue weighted by atomic mass is 35.5. The molecule has 4 aliphatic rings. The number of nitrogens with one attached hydrogen (secondary N) is 3. The highest BCUT2D eigenvalue weighted by Crippen LogP contribution is 2.46. The third kappa shape index (κ3) is 7.34. The van der Waals surface area contributed by atoms with Crippen molar-refractivity contribution in [1.82, 2.24) is 25.2 Å². The number of halogens is 1. The molecule has 3 fully saturated rings. The number of carboxylic acid groups (broad SMARTS) is 1. The third-order valence-corrected chi connectivity index (χ3v) is 12.2. The van der Waals surface area contributed by atoms with Gasteiger partial charge in [0.15, 0.2) is 0 Å². The fourth-order valence-corrected chi connectivity index (χ4v) is 8.75. The summed E-state index contributed by atoms with van der Waals surface area (Å²) in [5.41, 5.74) is -1.54. The molecule has 2 aromatic rings. The van der Waals surface area contributed by atoms with Gasteiger partial charge in [-0.15, -0.1) is 0 Å². The van der Waals surface area contributed by atoms with Crippen LogP contribution in [0.15, 0.2) is 36.5 Å². The molecule has 2 aliphatic carbocycles. The van der Waals surface area contributed by atoms with Crippen LogP contribution in [0.3, 0.4) is 0 Å². The molecule has 7 atom stereocenters. The summed E-state index contributed by atoms with van der Waals surface area (Å²) in [4.78, 5) is 59.9. The molecule has 1 aromatic heterocycles. The standard InChI is InChI=1S/C34H42ClN5O9S/c1-18-6-4-5-7-20-15-34(20,32(43)39-50(46,47)23-9-10-23)38-29(41)26-14-22(17-40(26)31(42)28(19(2)12-18)37-33(44)45)49-30-25-13-21(35)8-11-24(25)27(48-3)16-36-30/h5,7-8,11,13,16,18-20,22-23,26,28,37H,4,6,9-10,12,14-15,17H2,1-3H3,(H,38,41)(H,39,43)(H,44,45)/b7-5-/t18-,19+,20+,22+,26-,28-,34+/m0/s1. The Morgan fingerprint density at radius 3 is 2.60 bits per heavy atom. The van der Waals surface area contributed by atoms with Crippen LogP contribution in [0.5, 0.6) is 11.6 Å². The summed E-state index contributed by atoms with van der Waals surface area (Å²) in [5.74, 6) is -2.18. The maximum absolute atomic E-state index is 14.3. The second kappa shape index (κ2) is 13.9. The number of carbonyl (C=O) groups is 4.